The highest BCUT2D eigenvalue weighted by atomic mass is 32.1. The molecule has 0 spiro atoms. The van der Waals surface area contributed by atoms with Gasteiger partial charge in [-0.2, -0.15) is 0 Å². The van der Waals surface area contributed by atoms with Gasteiger partial charge in [0.05, 0.1) is 0 Å². The lowest BCUT2D eigenvalue weighted by Gasteiger charge is -2.37. The van der Waals surface area contributed by atoms with Crippen LogP contribution in [0.15, 0.2) is 47.8 Å². The minimum absolute atomic E-state index is 0.160. The number of thiophene rings is 1. The monoisotopic (exact) mass is 426 g/mol. The van der Waals surface area contributed by atoms with Crippen molar-refractivity contribution in [2.24, 2.45) is 5.92 Å². The van der Waals surface area contributed by atoms with Gasteiger partial charge in [0.1, 0.15) is 6.61 Å². The molecule has 1 aromatic carbocycles. The van der Waals surface area contributed by atoms with E-state index in [-0.39, 0.29) is 12.5 Å². The number of carbonyl (C=O) groups excluding carboxylic acids is 1. The summed E-state index contributed by atoms with van der Waals surface area (Å²) in [5.74, 6) is 1.08. The first kappa shape index (κ1) is 21.5. The molecule has 0 N–H and O–H groups in total. The summed E-state index contributed by atoms with van der Waals surface area (Å²) in [7, 11) is 1.63. The lowest BCUT2D eigenvalue weighted by atomic mass is 9.87. The quantitative estimate of drug-likeness (QED) is 0.609. The number of carbonyl (C=O) groups is 1. The van der Waals surface area contributed by atoms with Gasteiger partial charge in [-0.15, -0.1) is 11.3 Å². The van der Waals surface area contributed by atoms with Gasteiger partial charge in [0.2, 0.25) is 5.91 Å². The summed E-state index contributed by atoms with van der Waals surface area (Å²) in [6.07, 6.45) is 6.04. The molecule has 1 saturated heterocycles. The van der Waals surface area contributed by atoms with Crippen molar-refractivity contribution < 1.29 is 9.53 Å². The lowest BCUT2D eigenvalue weighted by molar-refractivity contribution is -0.139. The number of likely N-dealkylation sites (tertiary alicyclic amines) is 1. The zero-order chi connectivity index (χ0) is 20.8. The maximum atomic E-state index is 13.0. The van der Waals surface area contributed by atoms with Gasteiger partial charge in [-0.25, -0.2) is 0 Å². The van der Waals surface area contributed by atoms with Crippen LogP contribution in [0, 0.1) is 5.92 Å². The van der Waals surface area contributed by atoms with Gasteiger partial charge in [0.15, 0.2) is 0 Å². The molecule has 1 aliphatic heterocycles. The van der Waals surface area contributed by atoms with Crippen LogP contribution in [-0.4, -0.2) is 55.1 Å². The van der Waals surface area contributed by atoms with Crippen molar-refractivity contribution in [1.82, 2.24) is 9.80 Å². The molecule has 2 heterocycles. The lowest BCUT2D eigenvalue weighted by Crippen LogP contribution is -2.46. The first-order valence-electron chi connectivity index (χ1n) is 11.3. The minimum Gasteiger partial charge on any atom is -0.375 e. The Morgan fingerprint density at radius 1 is 1.10 bits per heavy atom. The van der Waals surface area contributed by atoms with Gasteiger partial charge in [-0.05, 0) is 35.8 Å². The average Bonchev–Trinajstić information content (AvgIpc) is 3.43. The van der Waals surface area contributed by atoms with E-state index in [1.807, 2.05) is 11.3 Å². The first-order chi connectivity index (χ1) is 14.7. The SMILES string of the molecule is COCC(=O)N(CC1CN(Cc2cccs2)CC1c1ccccc1)C1CCCCC1. The van der Waals surface area contributed by atoms with Crippen molar-refractivity contribution in [1.29, 1.82) is 0 Å². The second kappa shape index (κ2) is 10.6. The van der Waals surface area contributed by atoms with E-state index in [4.69, 9.17) is 4.74 Å². The van der Waals surface area contributed by atoms with E-state index < -0.39 is 0 Å². The number of hydrogen-bond acceptors (Lipinski definition) is 4. The summed E-state index contributed by atoms with van der Waals surface area (Å²) in [6, 6.07) is 15.6. The van der Waals surface area contributed by atoms with Gasteiger partial charge in [0, 0.05) is 50.1 Å². The number of nitrogens with zero attached hydrogens (tertiary/aromatic N) is 2. The highest BCUT2D eigenvalue weighted by Gasteiger charge is 2.37. The molecule has 5 heteroatoms. The predicted octanol–water partition coefficient (Wildman–Crippen LogP) is 4.77. The van der Waals surface area contributed by atoms with E-state index >= 15 is 0 Å². The van der Waals surface area contributed by atoms with Gasteiger partial charge < -0.3 is 9.64 Å². The van der Waals surface area contributed by atoms with Crippen LogP contribution in [0.5, 0.6) is 0 Å². The molecule has 2 atom stereocenters. The summed E-state index contributed by atoms with van der Waals surface area (Å²) in [5, 5.41) is 2.16. The third-order valence-corrected chi connectivity index (χ3v) is 7.60. The summed E-state index contributed by atoms with van der Waals surface area (Å²) in [4.78, 5) is 19.2. The fraction of sp³-hybridized carbons (Fsp3) is 0.560. The van der Waals surface area contributed by atoms with Gasteiger partial charge in [0.25, 0.3) is 0 Å². The van der Waals surface area contributed by atoms with Crippen LogP contribution >= 0.6 is 11.3 Å². The van der Waals surface area contributed by atoms with Crippen LogP contribution in [0.2, 0.25) is 0 Å². The second-order valence-corrected chi connectivity index (χ2v) is 9.85. The summed E-state index contributed by atoms with van der Waals surface area (Å²) < 4.78 is 5.24. The zero-order valence-corrected chi connectivity index (χ0v) is 18.9. The molecule has 1 saturated carbocycles. The molecular formula is C25H34N2O2S. The Labute approximate surface area is 184 Å². The standard InChI is InChI=1S/C25H34N2O2S/c1-29-19-25(28)27(22-11-6-3-7-12-22)16-21-15-26(17-23-13-8-14-30-23)18-24(21)20-9-4-2-5-10-20/h2,4-5,8-10,13-14,21-22,24H,3,6-7,11-12,15-19H2,1H3. The molecule has 2 aromatic rings. The topological polar surface area (TPSA) is 32.8 Å². The fourth-order valence-corrected chi connectivity index (χ4v) is 6.03. The van der Waals surface area contributed by atoms with Crippen molar-refractivity contribution >= 4 is 17.2 Å². The van der Waals surface area contributed by atoms with Gasteiger partial charge in [-0.1, -0.05) is 55.7 Å². The Balaban J connectivity index is 1.53. The number of hydrogen-bond donors (Lipinski definition) is 0. The smallest absolute Gasteiger partial charge is 0.248 e. The Kier molecular flexibility index (Phi) is 7.58. The Bertz CT molecular complexity index is 774. The van der Waals surface area contributed by atoms with Gasteiger partial charge >= 0.3 is 0 Å². The van der Waals surface area contributed by atoms with E-state index in [0.29, 0.717) is 17.9 Å². The molecule has 4 nitrogen and oxygen atoms in total. The third kappa shape index (κ3) is 5.32. The predicted molar refractivity (Wildman–Crippen MR) is 123 cm³/mol. The maximum absolute atomic E-state index is 13.0. The number of amides is 1. The van der Waals surface area contributed by atoms with Crippen LogP contribution in [0.25, 0.3) is 0 Å². The minimum atomic E-state index is 0.160. The molecular weight excluding hydrogens is 392 g/mol. The molecule has 0 radical (unpaired) electrons. The third-order valence-electron chi connectivity index (χ3n) is 6.74. The molecule has 0 bridgehead atoms. The summed E-state index contributed by atoms with van der Waals surface area (Å²) in [5.41, 5.74) is 1.40. The highest BCUT2D eigenvalue weighted by molar-refractivity contribution is 7.09. The molecule has 4 rings (SSSR count). The van der Waals surface area contributed by atoms with E-state index in [1.165, 1.54) is 29.7 Å². The van der Waals surface area contributed by atoms with E-state index in [1.54, 1.807) is 7.11 Å². The van der Waals surface area contributed by atoms with Crippen LogP contribution in [0.1, 0.15) is 48.5 Å². The van der Waals surface area contributed by atoms with Crippen LogP contribution < -0.4 is 0 Å². The number of rotatable bonds is 8. The van der Waals surface area contributed by atoms with Crippen molar-refractivity contribution in [3.8, 4) is 0 Å². The number of ether oxygens (including phenoxy) is 1. The van der Waals surface area contributed by atoms with Crippen molar-refractivity contribution in [3.05, 3.63) is 58.3 Å². The number of methoxy groups -OCH3 is 1. The summed E-state index contributed by atoms with van der Waals surface area (Å²) >= 11 is 1.83. The largest absolute Gasteiger partial charge is 0.375 e. The Hall–Kier alpha value is -1.69. The number of benzene rings is 1. The van der Waals surface area contributed by atoms with Crippen LogP contribution in [0.3, 0.4) is 0 Å². The van der Waals surface area contributed by atoms with Gasteiger partial charge in [-0.3, -0.25) is 9.69 Å². The maximum Gasteiger partial charge on any atom is 0.248 e. The van der Waals surface area contributed by atoms with E-state index in [2.05, 4.69) is 57.6 Å². The average molecular weight is 427 g/mol. The van der Waals surface area contributed by atoms with Crippen molar-refractivity contribution in [2.75, 3.05) is 33.4 Å². The van der Waals surface area contributed by atoms with Crippen LogP contribution in [0.4, 0.5) is 0 Å². The molecule has 2 fully saturated rings. The Morgan fingerprint density at radius 3 is 2.60 bits per heavy atom. The first-order valence-corrected chi connectivity index (χ1v) is 12.2. The van der Waals surface area contributed by atoms with E-state index in [9.17, 15) is 4.79 Å². The van der Waals surface area contributed by atoms with Crippen molar-refractivity contribution in [2.45, 2.75) is 50.6 Å². The molecule has 2 unspecified atom stereocenters. The van der Waals surface area contributed by atoms with E-state index in [0.717, 1.165) is 39.0 Å². The molecule has 1 aliphatic carbocycles. The second-order valence-electron chi connectivity index (χ2n) is 8.82. The normalized spacial score (nSPS) is 23.0. The molecule has 1 aromatic heterocycles. The molecule has 2 aliphatic rings. The Morgan fingerprint density at radius 2 is 1.90 bits per heavy atom. The molecule has 30 heavy (non-hydrogen) atoms. The summed E-state index contributed by atoms with van der Waals surface area (Å²) in [6.45, 7) is 4.14. The molecule has 162 valence electrons. The fourth-order valence-electron chi connectivity index (χ4n) is 5.28. The highest BCUT2D eigenvalue weighted by Crippen LogP contribution is 2.36. The molecule has 1 amide bonds. The zero-order valence-electron chi connectivity index (χ0n) is 18.0. The van der Waals surface area contributed by atoms with Crippen molar-refractivity contribution in [3.63, 3.8) is 0 Å². The van der Waals surface area contributed by atoms with Crippen LogP contribution in [-0.2, 0) is 16.1 Å².